The summed E-state index contributed by atoms with van der Waals surface area (Å²) in [7, 11) is 0. The number of aromatic nitrogens is 2. The van der Waals surface area contributed by atoms with Crippen molar-refractivity contribution in [3.63, 3.8) is 0 Å². The van der Waals surface area contributed by atoms with Crippen molar-refractivity contribution in [3.05, 3.63) is 12.4 Å². The van der Waals surface area contributed by atoms with Gasteiger partial charge in [0.1, 0.15) is 0 Å². The molecule has 2 nitrogen and oxygen atoms in total. The molecule has 0 spiro atoms. The Morgan fingerprint density at radius 3 is 1.81 bits per heavy atom. The molecular formula is C16H30F2N2Sn. The molecule has 1 rings (SSSR count). The van der Waals surface area contributed by atoms with E-state index in [0.29, 0.717) is 0 Å². The summed E-state index contributed by atoms with van der Waals surface area (Å²) in [5.41, 5.74) is 0. The molecule has 0 amide bonds. The number of nitrogens with zero attached hydrogens (tertiary/aromatic N) is 2. The molecule has 21 heavy (non-hydrogen) atoms. The van der Waals surface area contributed by atoms with Crippen LogP contribution in [0.1, 0.15) is 65.8 Å². The maximum absolute atomic E-state index is 12.8. The van der Waals surface area contributed by atoms with Crippen LogP contribution in [0.3, 0.4) is 0 Å². The minimum absolute atomic E-state index is 0.852. The van der Waals surface area contributed by atoms with Gasteiger partial charge in [0.05, 0.1) is 0 Å². The summed E-state index contributed by atoms with van der Waals surface area (Å²) in [5, 5.41) is 3.93. The summed E-state index contributed by atoms with van der Waals surface area (Å²) in [6.07, 6.45) is 10.7. The van der Waals surface area contributed by atoms with Crippen LogP contribution in [-0.2, 0) is 0 Å². The van der Waals surface area contributed by atoms with Crippen molar-refractivity contribution in [2.75, 3.05) is 0 Å². The van der Waals surface area contributed by atoms with Gasteiger partial charge in [0.2, 0.25) is 0 Å². The van der Waals surface area contributed by atoms with Gasteiger partial charge in [-0.1, -0.05) is 0 Å². The van der Waals surface area contributed by atoms with Crippen molar-refractivity contribution in [1.29, 1.82) is 0 Å². The molecule has 0 saturated heterocycles. The van der Waals surface area contributed by atoms with Crippen molar-refractivity contribution in [3.8, 4) is 0 Å². The van der Waals surface area contributed by atoms with E-state index in [4.69, 9.17) is 0 Å². The Bertz CT molecular complexity index is 372. The molecule has 0 fully saturated rings. The zero-order valence-corrected chi connectivity index (χ0v) is 16.6. The predicted molar refractivity (Wildman–Crippen MR) is 88.0 cm³/mol. The normalized spacial score (nSPS) is 12.3. The monoisotopic (exact) mass is 408 g/mol. The van der Waals surface area contributed by atoms with Crippen molar-refractivity contribution >= 4 is 22.0 Å². The van der Waals surface area contributed by atoms with E-state index in [1.165, 1.54) is 55.4 Å². The standard InChI is InChI=1S/C4H3F2N2.3C4H9.Sn/c5-4(6)8-3-1-2-7-8;3*1-3-4-2;/h2-4H;3*1,3-4H2,2H3;. The summed E-state index contributed by atoms with van der Waals surface area (Å²) in [6.45, 7) is 4.16. The zero-order valence-electron chi connectivity index (χ0n) is 13.7. The molecule has 0 aromatic carbocycles. The number of alkyl halides is 2. The molecule has 5 heteroatoms. The van der Waals surface area contributed by atoms with Crippen LogP contribution in [0, 0.1) is 0 Å². The first-order chi connectivity index (χ1) is 10.1. The number of hydrogen-bond acceptors (Lipinski definition) is 1. The number of halogens is 2. The van der Waals surface area contributed by atoms with Crippen molar-refractivity contribution in [2.24, 2.45) is 0 Å². The number of hydrogen-bond donors (Lipinski definition) is 0. The summed E-state index contributed by atoms with van der Waals surface area (Å²) >= 11 is -2.55. The molecule has 0 aliphatic heterocycles. The molecule has 1 heterocycles. The van der Waals surface area contributed by atoms with Gasteiger partial charge in [0.15, 0.2) is 0 Å². The van der Waals surface area contributed by atoms with Crippen LogP contribution < -0.4 is 3.58 Å². The molecule has 1 aromatic heterocycles. The molecule has 0 atom stereocenters. The fourth-order valence-corrected chi connectivity index (χ4v) is 18.6. The number of unbranched alkanes of at least 4 members (excludes halogenated alkanes) is 3. The average molecular weight is 407 g/mol. The van der Waals surface area contributed by atoms with Gasteiger partial charge in [-0.2, -0.15) is 0 Å². The van der Waals surface area contributed by atoms with Gasteiger partial charge in [0.25, 0.3) is 0 Å². The topological polar surface area (TPSA) is 17.8 Å². The van der Waals surface area contributed by atoms with Gasteiger partial charge in [-0.15, -0.1) is 0 Å². The third kappa shape index (κ3) is 5.53. The summed E-state index contributed by atoms with van der Waals surface area (Å²) in [4.78, 5) is 0. The maximum atomic E-state index is 12.8. The summed E-state index contributed by atoms with van der Waals surface area (Å²) in [6, 6.07) is 0. The van der Waals surface area contributed by atoms with Gasteiger partial charge in [-0.05, 0) is 0 Å². The van der Waals surface area contributed by atoms with Crippen LogP contribution in [0.2, 0.25) is 13.3 Å². The molecule has 0 aliphatic carbocycles. The van der Waals surface area contributed by atoms with E-state index >= 15 is 0 Å². The Balaban J connectivity index is 3.03. The second-order valence-corrected chi connectivity index (χ2v) is 19.3. The fraction of sp³-hybridized carbons (Fsp3) is 0.812. The molecule has 122 valence electrons. The predicted octanol–water partition coefficient (Wildman–Crippen LogP) is 5.33. The van der Waals surface area contributed by atoms with Gasteiger partial charge in [-0.3, -0.25) is 0 Å². The molecule has 0 radical (unpaired) electrons. The van der Waals surface area contributed by atoms with Crippen LogP contribution in [0.15, 0.2) is 12.4 Å². The van der Waals surface area contributed by atoms with Crippen molar-refractivity contribution in [2.45, 2.75) is 79.2 Å². The van der Waals surface area contributed by atoms with E-state index in [9.17, 15) is 8.78 Å². The van der Waals surface area contributed by atoms with Crippen LogP contribution in [0.25, 0.3) is 0 Å². The first-order valence-electron chi connectivity index (χ1n) is 8.42. The second kappa shape index (κ2) is 9.80. The van der Waals surface area contributed by atoms with Crippen LogP contribution in [-0.4, -0.2) is 28.2 Å². The molecule has 0 unspecified atom stereocenters. The van der Waals surface area contributed by atoms with Crippen LogP contribution in [0.4, 0.5) is 8.78 Å². The van der Waals surface area contributed by atoms with E-state index in [2.05, 4.69) is 25.9 Å². The van der Waals surface area contributed by atoms with Gasteiger partial charge in [-0.25, -0.2) is 0 Å². The molecule has 0 saturated carbocycles. The summed E-state index contributed by atoms with van der Waals surface area (Å²) in [5.74, 6) is 0. The van der Waals surface area contributed by atoms with E-state index in [0.717, 1.165) is 4.68 Å². The Labute approximate surface area is 132 Å². The third-order valence-corrected chi connectivity index (χ3v) is 19.9. The Morgan fingerprint density at radius 2 is 1.48 bits per heavy atom. The van der Waals surface area contributed by atoms with E-state index in [-0.39, 0.29) is 0 Å². The van der Waals surface area contributed by atoms with Gasteiger partial charge < -0.3 is 0 Å². The second-order valence-electron chi connectivity index (χ2n) is 6.08. The van der Waals surface area contributed by atoms with Crippen molar-refractivity contribution < 1.29 is 8.78 Å². The van der Waals surface area contributed by atoms with Crippen LogP contribution >= 0.6 is 0 Å². The van der Waals surface area contributed by atoms with Crippen molar-refractivity contribution in [1.82, 2.24) is 9.78 Å². The molecule has 0 bridgehead atoms. The number of rotatable bonds is 11. The van der Waals surface area contributed by atoms with E-state index in [1.54, 1.807) is 12.4 Å². The fourth-order valence-electron chi connectivity index (χ4n) is 3.07. The van der Waals surface area contributed by atoms with E-state index < -0.39 is 24.9 Å². The Kier molecular flexibility index (Phi) is 8.83. The van der Waals surface area contributed by atoms with E-state index in [1.807, 2.05) is 0 Å². The third-order valence-electron chi connectivity index (χ3n) is 4.44. The summed E-state index contributed by atoms with van der Waals surface area (Å²) < 4.78 is 31.6. The molecule has 0 aliphatic rings. The van der Waals surface area contributed by atoms with Gasteiger partial charge in [0, 0.05) is 0 Å². The quantitative estimate of drug-likeness (QED) is 0.454. The first kappa shape index (κ1) is 18.9. The molecule has 1 aromatic rings. The molecular weight excluding hydrogens is 377 g/mol. The Hall–Kier alpha value is -0.131. The van der Waals surface area contributed by atoms with Crippen LogP contribution in [0.5, 0.6) is 0 Å². The Morgan fingerprint density at radius 1 is 1.00 bits per heavy atom. The zero-order chi connectivity index (χ0) is 15.7. The molecule has 0 N–H and O–H groups in total. The SMILES string of the molecule is CCC[CH2][Sn]([CH2]CCC)([CH2]CCC)[c]1cnn(C(F)F)c1. The minimum atomic E-state index is -2.55. The first-order valence-corrected chi connectivity index (χ1v) is 15.9. The van der Waals surface area contributed by atoms with Gasteiger partial charge >= 0.3 is 132 Å². The average Bonchev–Trinajstić information content (AvgIpc) is 2.97.